The van der Waals surface area contributed by atoms with Crippen molar-refractivity contribution in [1.29, 1.82) is 0 Å². The number of hydrogen-bond donors (Lipinski definition) is 1. The van der Waals surface area contributed by atoms with Gasteiger partial charge in [0.15, 0.2) is 0 Å². The van der Waals surface area contributed by atoms with E-state index in [-0.39, 0.29) is 0 Å². The quantitative estimate of drug-likeness (QED) is 0.331. The molecule has 0 aliphatic rings. The molecule has 0 aromatic heterocycles. The number of hydrogen-bond acceptors (Lipinski definition) is 2. The highest BCUT2D eigenvalue weighted by Crippen LogP contribution is 1.97. The largest absolute Gasteiger partial charge is 0.335 e. The van der Waals surface area contributed by atoms with Crippen molar-refractivity contribution in [3.63, 3.8) is 0 Å². The number of amides is 1. The molecule has 0 aromatic carbocycles. The highest BCUT2D eigenvalue weighted by Gasteiger charge is 1.86. The van der Waals surface area contributed by atoms with Crippen LogP contribution < -0.4 is 5.48 Å². The van der Waals surface area contributed by atoms with E-state index in [1.807, 2.05) is 5.48 Å². The monoisotopic (exact) mass is 144 g/mol. The smallest absolute Gasteiger partial charge is 0.273 e. The van der Waals surface area contributed by atoms with Crippen molar-refractivity contribution < 1.29 is 9.63 Å². The van der Waals surface area contributed by atoms with E-state index in [4.69, 9.17) is 0 Å². The minimum Gasteiger partial charge on any atom is -0.273 e. The Morgan fingerprint density at radius 3 is 2.80 bits per heavy atom. The van der Waals surface area contributed by atoms with Gasteiger partial charge in [-0.05, 0) is 6.42 Å². The maximum atomic E-state index is 9.53. The minimum absolute atomic E-state index is 0.592. The van der Waals surface area contributed by atoms with Crippen LogP contribution in [0.3, 0.4) is 0 Å². The van der Waals surface area contributed by atoms with E-state index in [1.165, 1.54) is 19.3 Å². The van der Waals surface area contributed by atoms with Gasteiger partial charge >= 0.3 is 6.41 Å². The molecule has 0 saturated heterocycles. The number of rotatable bonds is 7. The highest BCUT2D eigenvalue weighted by molar-refractivity contribution is 5.44. The molecule has 0 spiro atoms. The maximum Gasteiger partial charge on any atom is 0.335 e. The molecule has 3 nitrogen and oxygen atoms in total. The third-order valence-electron chi connectivity index (χ3n) is 1.21. The van der Waals surface area contributed by atoms with Crippen LogP contribution in [-0.2, 0) is 9.63 Å². The lowest BCUT2D eigenvalue weighted by atomic mass is 10.2. The van der Waals surface area contributed by atoms with Gasteiger partial charge in [0.1, 0.15) is 0 Å². The summed E-state index contributed by atoms with van der Waals surface area (Å²) in [7, 11) is 0. The van der Waals surface area contributed by atoms with Gasteiger partial charge < -0.3 is 0 Å². The van der Waals surface area contributed by atoms with Crippen LogP contribution in [0.2, 0.25) is 0 Å². The minimum atomic E-state index is 0.592. The first-order chi connectivity index (χ1) is 4.91. The van der Waals surface area contributed by atoms with Crippen LogP contribution in [0.5, 0.6) is 0 Å². The van der Waals surface area contributed by atoms with Crippen molar-refractivity contribution in [3.05, 3.63) is 0 Å². The first-order valence-electron chi connectivity index (χ1n) is 3.65. The lowest BCUT2D eigenvalue weighted by Crippen LogP contribution is -2.12. The molecule has 0 heterocycles. The van der Waals surface area contributed by atoms with Crippen LogP contribution in [0.15, 0.2) is 0 Å². The fourth-order valence-corrected chi connectivity index (χ4v) is 0.682. The van der Waals surface area contributed by atoms with E-state index in [0.717, 1.165) is 12.8 Å². The van der Waals surface area contributed by atoms with Crippen molar-refractivity contribution in [2.75, 3.05) is 6.61 Å². The molecule has 10 heavy (non-hydrogen) atoms. The zero-order chi connectivity index (χ0) is 7.66. The number of nitrogens with one attached hydrogen (secondary N) is 1. The Kier molecular flexibility index (Phi) is 7.95. The van der Waals surface area contributed by atoms with Crippen LogP contribution in [0, 0.1) is 0 Å². The summed E-state index contributed by atoms with van der Waals surface area (Å²) in [6, 6.07) is 0. The van der Waals surface area contributed by atoms with Gasteiger partial charge in [0, 0.05) is 0 Å². The van der Waals surface area contributed by atoms with Crippen molar-refractivity contribution in [3.8, 4) is 0 Å². The molecule has 0 bridgehead atoms. The summed E-state index contributed by atoms with van der Waals surface area (Å²) in [5.74, 6) is 0. The molecule has 3 heteroatoms. The fourth-order valence-electron chi connectivity index (χ4n) is 0.682. The van der Waals surface area contributed by atoms with Crippen molar-refractivity contribution >= 4 is 6.41 Å². The van der Waals surface area contributed by atoms with E-state index in [2.05, 4.69) is 11.8 Å². The summed E-state index contributed by atoms with van der Waals surface area (Å²) in [6.07, 6.45) is 6.05. The summed E-state index contributed by atoms with van der Waals surface area (Å²) in [5, 5.41) is 0. The maximum absolute atomic E-state index is 9.53. The van der Waals surface area contributed by atoms with E-state index in [0.29, 0.717) is 6.61 Å². The van der Waals surface area contributed by atoms with E-state index >= 15 is 0 Å². The number of unbranched alkanes of at least 4 members (excludes halogenated alkanes) is 3. The van der Waals surface area contributed by atoms with Crippen LogP contribution >= 0.6 is 0 Å². The summed E-state index contributed by atoms with van der Waals surface area (Å²) in [4.78, 5) is 14.2. The molecule has 1 amide bonds. The molecule has 0 unspecified atom stereocenters. The molecule has 0 saturated carbocycles. The molecule has 0 fully saturated rings. The van der Waals surface area contributed by atoms with Crippen LogP contribution in [-0.4, -0.2) is 13.0 Å². The van der Waals surface area contributed by atoms with E-state index in [9.17, 15) is 4.79 Å². The molecular formula is C7H14NO2. The van der Waals surface area contributed by atoms with Crippen molar-refractivity contribution in [2.24, 2.45) is 0 Å². The molecule has 0 aromatic rings. The van der Waals surface area contributed by atoms with Gasteiger partial charge in [-0.1, -0.05) is 26.2 Å². The Morgan fingerprint density at radius 2 is 2.20 bits per heavy atom. The summed E-state index contributed by atoms with van der Waals surface area (Å²) < 4.78 is 0. The standard InChI is InChI=1S/C7H14NO2/c1-2-3-4-5-6-10-8-7-9/h2-6H2,1H3,(H,8,9). The average molecular weight is 144 g/mol. The first kappa shape index (κ1) is 9.43. The van der Waals surface area contributed by atoms with Crippen LogP contribution in [0.4, 0.5) is 0 Å². The van der Waals surface area contributed by atoms with Gasteiger partial charge in [-0.15, -0.1) is 0 Å². The molecule has 59 valence electrons. The molecule has 0 aliphatic heterocycles. The third kappa shape index (κ3) is 7.43. The third-order valence-corrected chi connectivity index (χ3v) is 1.21. The molecule has 1 radical (unpaired) electrons. The second-order valence-electron chi connectivity index (χ2n) is 2.11. The van der Waals surface area contributed by atoms with Crippen LogP contribution in [0.1, 0.15) is 32.6 Å². The zero-order valence-corrected chi connectivity index (χ0v) is 6.35. The summed E-state index contributed by atoms with van der Waals surface area (Å²) in [5.41, 5.74) is 2.02. The molecule has 1 N–H and O–H groups in total. The molecule has 0 rings (SSSR count). The summed E-state index contributed by atoms with van der Waals surface area (Å²) >= 11 is 0. The number of carbonyl (C=O) groups excluding carboxylic acids is 1. The zero-order valence-electron chi connectivity index (χ0n) is 6.35. The average Bonchev–Trinajstić information content (AvgIpc) is 1.97. The van der Waals surface area contributed by atoms with Gasteiger partial charge in [0.2, 0.25) is 0 Å². The predicted molar refractivity (Wildman–Crippen MR) is 38.9 cm³/mol. The topological polar surface area (TPSA) is 38.3 Å². The van der Waals surface area contributed by atoms with Crippen molar-refractivity contribution in [2.45, 2.75) is 32.6 Å². The summed E-state index contributed by atoms with van der Waals surface area (Å²) in [6.45, 7) is 2.74. The Labute approximate surface area is 61.7 Å². The predicted octanol–water partition coefficient (Wildman–Crippen LogP) is 1.16. The van der Waals surface area contributed by atoms with E-state index in [1.54, 1.807) is 0 Å². The highest BCUT2D eigenvalue weighted by atomic mass is 16.6. The lowest BCUT2D eigenvalue weighted by molar-refractivity contribution is 0.0795. The second kappa shape index (κ2) is 8.43. The molecular weight excluding hydrogens is 130 g/mol. The Hall–Kier alpha value is -0.570. The molecule has 0 atom stereocenters. The fraction of sp³-hybridized carbons (Fsp3) is 0.857. The second-order valence-corrected chi connectivity index (χ2v) is 2.11. The Balaban J connectivity index is 2.70. The van der Waals surface area contributed by atoms with Gasteiger partial charge in [0.05, 0.1) is 6.61 Å². The van der Waals surface area contributed by atoms with Crippen LogP contribution in [0.25, 0.3) is 0 Å². The van der Waals surface area contributed by atoms with Gasteiger partial charge in [-0.25, -0.2) is 5.48 Å². The Morgan fingerprint density at radius 1 is 1.40 bits per heavy atom. The van der Waals surface area contributed by atoms with Crippen molar-refractivity contribution in [1.82, 2.24) is 5.48 Å². The first-order valence-corrected chi connectivity index (χ1v) is 3.65. The Bertz CT molecular complexity index is 76.0. The SMILES string of the molecule is CCCCCCON[C]=O. The van der Waals surface area contributed by atoms with E-state index < -0.39 is 0 Å². The normalized spacial score (nSPS) is 9.30. The van der Waals surface area contributed by atoms with Gasteiger partial charge in [-0.3, -0.25) is 9.63 Å². The molecule has 0 aliphatic carbocycles. The van der Waals surface area contributed by atoms with Gasteiger partial charge in [-0.2, -0.15) is 0 Å². The van der Waals surface area contributed by atoms with Gasteiger partial charge in [0.25, 0.3) is 0 Å². The lowest BCUT2D eigenvalue weighted by Gasteiger charge is -1.98. The number of hydroxylamine groups is 1.